The first kappa shape index (κ1) is 24.2. The van der Waals surface area contributed by atoms with Crippen molar-refractivity contribution in [3.05, 3.63) is 66.2 Å². The predicted molar refractivity (Wildman–Crippen MR) is 146 cm³/mol. The molecule has 200 valence electrons. The average Bonchev–Trinajstić information content (AvgIpc) is 3.83. The van der Waals surface area contributed by atoms with E-state index in [9.17, 15) is 9.59 Å². The van der Waals surface area contributed by atoms with Crippen molar-refractivity contribution in [2.45, 2.75) is 51.1 Å². The van der Waals surface area contributed by atoms with Crippen molar-refractivity contribution in [1.82, 2.24) is 19.6 Å². The molecule has 1 saturated heterocycles. The zero-order valence-electron chi connectivity index (χ0n) is 22.3. The van der Waals surface area contributed by atoms with Gasteiger partial charge in [0, 0.05) is 49.3 Å². The van der Waals surface area contributed by atoms with Crippen molar-refractivity contribution in [1.29, 1.82) is 0 Å². The van der Waals surface area contributed by atoms with E-state index in [1.807, 2.05) is 52.3 Å². The number of rotatable bonds is 7. The van der Waals surface area contributed by atoms with Gasteiger partial charge in [-0.1, -0.05) is 30.3 Å². The van der Waals surface area contributed by atoms with Crippen LogP contribution in [0.1, 0.15) is 51.1 Å². The van der Waals surface area contributed by atoms with E-state index in [0.717, 1.165) is 35.1 Å². The fourth-order valence-corrected chi connectivity index (χ4v) is 5.69. The number of nitrogens with zero attached hydrogens (tertiary/aromatic N) is 5. The Kier molecular flexibility index (Phi) is 5.51. The van der Waals surface area contributed by atoms with Crippen molar-refractivity contribution in [2.24, 2.45) is 16.8 Å². The maximum atomic E-state index is 15.6. The number of likely N-dealkylation sites (tertiary alicyclic amines) is 1. The Bertz CT molecular complexity index is 1490. The zero-order chi connectivity index (χ0) is 26.9. The maximum Gasteiger partial charge on any atom is 0.256 e. The van der Waals surface area contributed by atoms with Crippen LogP contribution in [0.2, 0.25) is 0 Å². The Hall–Kier alpha value is -3.81. The normalized spacial score (nSPS) is 20.1. The smallest absolute Gasteiger partial charge is 0.256 e. The topological polar surface area (TPSA) is 70.8 Å². The molecule has 2 amide bonds. The van der Waals surface area contributed by atoms with Gasteiger partial charge in [0.15, 0.2) is 0 Å². The van der Waals surface area contributed by atoms with Crippen LogP contribution >= 0.6 is 0 Å². The molecule has 2 aliphatic carbocycles. The van der Waals surface area contributed by atoms with E-state index >= 15 is 4.39 Å². The van der Waals surface area contributed by atoms with E-state index in [4.69, 9.17) is 4.99 Å². The molecular weight excluding hydrogens is 493 g/mol. The Balaban J connectivity index is 1.09. The van der Waals surface area contributed by atoms with Crippen LogP contribution in [0.3, 0.4) is 0 Å². The highest BCUT2D eigenvalue weighted by Gasteiger charge is 2.58. The second-order valence-electron chi connectivity index (χ2n) is 11.8. The second-order valence-corrected chi connectivity index (χ2v) is 11.8. The van der Waals surface area contributed by atoms with Crippen molar-refractivity contribution < 1.29 is 14.0 Å². The van der Waals surface area contributed by atoms with Crippen molar-refractivity contribution in [3.63, 3.8) is 0 Å². The minimum atomic E-state index is -0.701. The lowest BCUT2D eigenvalue weighted by molar-refractivity contribution is -0.139. The quantitative estimate of drug-likeness (QED) is 0.439. The number of hydrogen-bond donors (Lipinski definition) is 0. The molecule has 0 radical (unpaired) electrons. The van der Waals surface area contributed by atoms with Crippen molar-refractivity contribution in [3.8, 4) is 22.3 Å². The van der Waals surface area contributed by atoms with Crippen LogP contribution in [0.25, 0.3) is 22.3 Å². The largest absolute Gasteiger partial charge is 0.342 e. The molecule has 7 nitrogen and oxygen atoms in total. The summed E-state index contributed by atoms with van der Waals surface area (Å²) < 4.78 is 17.5. The van der Waals surface area contributed by atoms with Gasteiger partial charge in [0.2, 0.25) is 5.91 Å². The van der Waals surface area contributed by atoms with Gasteiger partial charge in [-0.15, -0.1) is 0 Å². The van der Waals surface area contributed by atoms with E-state index in [1.54, 1.807) is 11.0 Å². The van der Waals surface area contributed by atoms with Crippen LogP contribution in [0, 0.1) is 17.7 Å². The number of aromatic nitrogens is 2. The van der Waals surface area contributed by atoms with Gasteiger partial charge in [-0.05, 0) is 68.4 Å². The molecule has 7 rings (SSSR count). The summed E-state index contributed by atoms with van der Waals surface area (Å²) in [4.78, 5) is 33.9. The van der Waals surface area contributed by atoms with Gasteiger partial charge < -0.3 is 4.90 Å². The number of amides is 2. The number of halogens is 1. The Morgan fingerprint density at radius 2 is 1.69 bits per heavy atom. The molecule has 3 aromatic rings. The van der Waals surface area contributed by atoms with Gasteiger partial charge >= 0.3 is 0 Å². The van der Waals surface area contributed by atoms with Gasteiger partial charge in [0.1, 0.15) is 17.2 Å². The molecule has 3 heterocycles. The van der Waals surface area contributed by atoms with Crippen LogP contribution in [-0.2, 0) is 9.59 Å². The van der Waals surface area contributed by atoms with Gasteiger partial charge in [0.05, 0.1) is 11.8 Å². The van der Waals surface area contributed by atoms with Crippen LogP contribution in [0.15, 0.2) is 59.9 Å². The monoisotopic (exact) mass is 525 g/mol. The third-order valence-corrected chi connectivity index (χ3v) is 8.47. The van der Waals surface area contributed by atoms with E-state index in [0.29, 0.717) is 49.9 Å². The maximum absolute atomic E-state index is 15.6. The Labute approximate surface area is 227 Å². The number of hydrogen-bond acceptors (Lipinski definition) is 4. The van der Waals surface area contributed by atoms with E-state index < -0.39 is 5.54 Å². The summed E-state index contributed by atoms with van der Waals surface area (Å²) in [5.41, 5.74) is 3.44. The van der Waals surface area contributed by atoms with Crippen LogP contribution in [0.5, 0.6) is 0 Å². The molecule has 1 aromatic heterocycles. The molecule has 2 aliphatic heterocycles. The average molecular weight is 526 g/mol. The Morgan fingerprint density at radius 3 is 2.28 bits per heavy atom. The Morgan fingerprint density at radius 1 is 1.03 bits per heavy atom. The minimum Gasteiger partial charge on any atom is -0.342 e. The molecule has 1 spiro atoms. The molecule has 39 heavy (non-hydrogen) atoms. The number of amidine groups is 1. The SMILES string of the molecule is CC(C)n1cc(-c2ccc(-c3ccc(C4=NC5(CC5)C(=O)N4CC4CN(C(=O)C5CC5)C4)c(F)c3)cc2)cn1. The summed E-state index contributed by atoms with van der Waals surface area (Å²) in [6, 6.07) is 13.5. The third-order valence-electron chi connectivity index (χ3n) is 8.47. The van der Waals surface area contributed by atoms with Crippen LogP contribution < -0.4 is 0 Å². The summed E-state index contributed by atoms with van der Waals surface area (Å²) in [5.74, 6) is 0.675. The molecule has 0 bridgehead atoms. The van der Waals surface area contributed by atoms with Gasteiger partial charge in [0.25, 0.3) is 5.91 Å². The molecule has 0 atom stereocenters. The molecule has 2 saturated carbocycles. The second kappa shape index (κ2) is 8.86. The van der Waals surface area contributed by atoms with Crippen molar-refractivity contribution in [2.75, 3.05) is 19.6 Å². The highest BCUT2D eigenvalue weighted by molar-refractivity contribution is 6.16. The summed E-state index contributed by atoms with van der Waals surface area (Å²) in [6.07, 6.45) is 7.30. The zero-order valence-corrected chi connectivity index (χ0v) is 22.3. The van der Waals surface area contributed by atoms with Gasteiger partial charge in [-0.3, -0.25) is 24.2 Å². The molecule has 4 aliphatic rings. The first-order valence-corrected chi connectivity index (χ1v) is 14.0. The standard InChI is InChI=1S/C31H32FN5O2/c1-19(2)37-18-25(14-33-37)22-5-3-21(4-6-22)24-9-10-26(27(32)13-24)28-34-31(11-12-31)30(39)36(28)17-20-15-35(16-20)29(38)23-7-8-23/h3-6,9-10,13-14,18-20,23H,7-8,11-12,15-17H2,1-2H3. The molecule has 0 N–H and O–H groups in total. The molecule has 0 unspecified atom stereocenters. The first-order chi connectivity index (χ1) is 18.8. The fraction of sp³-hybridized carbons (Fsp3) is 0.419. The van der Waals surface area contributed by atoms with E-state index in [2.05, 4.69) is 18.9 Å². The first-order valence-electron chi connectivity index (χ1n) is 14.0. The number of benzene rings is 2. The van der Waals surface area contributed by atoms with Gasteiger partial charge in [-0.2, -0.15) is 5.10 Å². The lowest BCUT2D eigenvalue weighted by Gasteiger charge is -2.41. The van der Waals surface area contributed by atoms with E-state index in [1.165, 1.54) is 6.07 Å². The summed E-state index contributed by atoms with van der Waals surface area (Å²) in [6.45, 7) is 5.98. The molecule has 3 fully saturated rings. The predicted octanol–water partition coefficient (Wildman–Crippen LogP) is 4.93. The van der Waals surface area contributed by atoms with Gasteiger partial charge in [-0.25, -0.2) is 4.39 Å². The summed E-state index contributed by atoms with van der Waals surface area (Å²) >= 11 is 0. The number of carbonyl (C=O) groups excluding carboxylic acids is 2. The molecular formula is C31H32FN5O2. The highest BCUT2D eigenvalue weighted by atomic mass is 19.1. The highest BCUT2D eigenvalue weighted by Crippen LogP contribution is 2.46. The third kappa shape index (κ3) is 4.26. The summed E-state index contributed by atoms with van der Waals surface area (Å²) in [5, 5.41) is 4.42. The van der Waals surface area contributed by atoms with Crippen LogP contribution in [-0.4, -0.2) is 62.4 Å². The number of aliphatic imine (C=N–C) groups is 1. The lowest BCUT2D eigenvalue weighted by atomic mass is 9.97. The molecule has 8 heteroatoms. The van der Waals surface area contributed by atoms with Crippen LogP contribution in [0.4, 0.5) is 4.39 Å². The van der Waals surface area contributed by atoms with E-state index in [-0.39, 0.29) is 29.5 Å². The van der Waals surface area contributed by atoms with Crippen molar-refractivity contribution >= 4 is 17.6 Å². The minimum absolute atomic E-state index is 0.0238. The molecule has 2 aromatic carbocycles. The number of carbonyl (C=O) groups is 2. The fourth-order valence-electron chi connectivity index (χ4n) is 5.69. The lowest BCUT2D eigenvalue weighted by Crippen LogP contribution is -2.55. The summed E-state index contributed by atoms with van der Waals surface area (Å²) in [7, 11) is 0.